The number of nitrogens with one attached hydrogen (secondary N) is 2. The smallest absolute Gasteiger partial charge is 0.243 e. The van der Waals surface area contributed by atoms with Crippen molar-refractivity contribution in [2.24, 2.45) is 4.99 Å². The molecule has 1 saturated carbocycles. The van der Waals surface area contributed by atoms with Gasteiger partial charge in [0.15, 0.2) is 5.96 Å². The fourth-order valence-electron chi connectivity index (χ4n) is 3.46. The number of carbonyl (C=O) groups excluding carboxylic acids is 1. The number of ether oxygens (including phenoxy) is 1. The number of benzene rings is 1. The van der Waals surface area contributed by atoms with Crippen molar-refractivity contribution in [1.82, 2.24) is 15.5 Å². The first-order chi connectivity index (χ1) is 13.6. The van der Waals surface area contributed by atoms with Gasteiger partial charge in [-0.05, 0) is 50.5 Å². The van der Waals surface area contributed by atoms with Gasteiger partial charge >= 0.3 is 0 Å². The summed E-state index contributed by atoms with van der Waals surface area (Å²) in [6.45, 7) is 4.41. The van der Waals surface area contributed by atoms with Gasteiger partial charge in [-0.15, -0.1) is 0 Å². The van der Waals surface area contributed by atoms with E-state index in [4.69, 9.17) is 4.74 Å². The second kappa shape index (κ2) is 12.4. The minimum Gasteiger partial charge on any atom is -0.382 e. The second-order valence-corrected chi connectivity index (χ2v) is 7.53. The zero-order chi connectivity index (χ0) is 20.2. The van der Waals surface area contributed by atoms with E-state index in [1.807, 2.05) is 6.92 Å². The number of amides is 1. The molecule has 0 saturated heterocycles. The molecule has 1 aliphatic rings. The first-order valence-electron chi connectivity index (χ1n) is 10.5. The van der Waals surface area contributed by atoms with Crippen molar-refractivity contribution in [2.45, 2.75) is 51.0 Å². The van der Waals surface area contributed by atoms with Crippen molar-refractivity contribution in [3.05, 3.63) is 35.9 Å². The largest absolute Gasteiger partial charge is 0.382 e. The van der Waals surface area contributed by atoms with Crippen LogP contribution in [0.5, 0.6) is 0 Å². The van der Waals surface area contributed by atoms with Crippen molar-refractivity contribution < 1.29 is 9.53 Å². The van der Waals surface area contributed by atoms with Crippen LogP contribution in [0.2, 0.25) is 0 Å². The Balaban J connectivity index is 1.84. The normalized spacial score (nSPS) is 19.9. The second-order valence-electron chi connectivity index (χ2n) is 7.53. The molecule has 0 radical (unpaired) electrons. The molecule has 0 aromatic heterocycles. The molecule has 0 aliphatic heterocycles. The lowest BCUT2D eigenvalue weighted by molar-refractivity contribution is -0.127. The van der Waals surface area contributed by atoms with Crippen LogP contribution in [0.3, 0.4) is 0 Å². The molecule has 1 aromatic rings. The van der Waals surface area contributed by atoms with Crippen LogP contribution < -0.4 is 10.6 Å². The van der Waals surface area contributed by atoms with Crippen LogP contribution in [-0.4, -0.2) is 63.2 Å². The maximum atomic E-state index is 11.9. The lowest BCUT2D eigenvalue weighted by Gasteiger charge is -2.30. The Labute approximate surface area is 169 Å². The minimum atomic E-state index is 0.00296. The molecular formula is C22H36N4O2. The Hall–Kier alpha value is -2.08. The molecule has 1 amide bonds. The first-order valence-corrected chi connectivity index (χ1v) is 10.5. The maximum absolute atomic E-state index is 11.9. The van der Waals surface area contributed by atoms with Crippen LogP contribution >= 0.6 is 0 Å². The summed E-state index contributed by atoms with van der Waals surface area (Å²) in [5, 5.41) is 6.89. The fraction of sp³-hybridized carbons (Fsp3) is 0.636. The van der Waals surface area contributed by atoms with Crippen LogP contribution in [0.15, 0.2) is 35.3 Å². The zero-order valence-electron chi connectivity index (χ0n) is 17.6. The molecule has 0 atom stereocenters. The van der Waals surface area contributed by atoms with Gasteiger partial charge < -0.3 is 20.3 Å². The van der Waals surface area contributed by atoms with E-state index in [9.17, 15) is 4.79 Å². The number of aliphatic imine (C=N–C) groups is 1. The summed E-state index contributed by atoms with van der Waals surface area (Å²) in [6, 6.07) is 11.2. The Bertz CT molecular complexity index is 596. The third kappa shape index (κ3) is 7.89. The zero-order valence-corrected chi connectivity index (χ0v) is 17.6. The highest BCUT2D eigenvalue weighted by atomic mass is 16.5. The third-order valence-electron chi connectivity index (χ3n) is 5.17. The van der Waals surface area contributed by atoms with Crippen molar-refractivity contribution in [3.8, 4) is 0 Å². The quantitative estimate of drug-likeness (QED) is 0.388. The van der Waals surface area contributed by atoms with Crippen molar-refractivity contribution in [2.75, 3.05) is 40.4 Å². The van der Waals surface area contributed by atoms with Gasteiger partial charge in [0, 0.05) is 39.9 Å². The van der Waals surface area contributed by atoms with Gasteiger partial charge in [0.05, 0.1) is 0 Å². The highest BCUT2D eigenvalue weighted by Gasteiger charge is 2.23. The van der Waals surface area contributed by atoms with Crippen molar-refractivity contribution in [1.29, 1.82) is 0 Å². The maximum Gasteiger partial charge on any atom is 0.243 e. The number of hydrogen-bond donors (Lipinski definition) is 2. The average molecular weight is 389 g/mol. The number of hydrogen-bond acceptors (Lipinski definition) is 3. The highest BCUT2D eigenvalue weighted by Crippen LogP contribution is 2.32. The number of rotatable bonds is 9. The Kier molecular flexibility index (Phi) is 9.83. The van der Waals surface area contributed by atoms with Gasteiger partial charge in [-0.2, -0.15) is 0 Å². The van der Waals surface area contributed by atoms with Gasteiger partial charge in [-0.3, -0.25) is 4.79 Å². The molecule has 0 spiro atoms. The van der Waals surface area contributed by atoms with Gasteiger partial charge in [0.1, 0.15) is 6.54 Å². The van der Waals surface area contributed by atoms with E-state index in [0.29, 0.717) is 12.0 Å². The van der Waals surface area contributed by atoms with Gasteiger partial charge in [-0.25, -0.2) is 4.99 Å². The average Bonchev–Trinajstić information content (AvgIpc) is 2.72. The predicted molar refractivity (Wildman–Crippen MR) is 115 cm³/mol. The standard InChI is InChI=1S/C22H36N4O2/c1-4-28-16-8-15-23-22(24-17-21(27)26(2)3)25-20-13-11-19(12-14-20)18-9-6-5-7-10-18/h5-7,9-10,19-20H,4,8,11-17H2,1-3H3,(H2,23,24,25). The fourth-order valence-corrected chi connectivity index (χ4v) is 3.46. The van der Waals surface area contributed by atoms with Crippen molar-refractivity contribution in [3.63, 3.8) is 0 Å². The molecular weight excluding hydrogens is 352 g/mol. The van der Waals surface area contributed by atoms with E-state index >= 15 is 0 Å². The summed E-state index contributed by atoms with van der Waals surface area (Å²) < 4.78 is 5.39. The molecule has 1 aromatic carbocycles. The SMILES string of the molecule is CCOCCCNC(=NCC(=O)N(C)C)NC1CCC(c2ccccc2)CC1. The summed E-state index contributed by atoms with van der Waals surface area (Å²) in [5.74, 6) is 1.38. The molecule has 1 aliphatic carbocycles. The molecule has 0 heterocycles. The number of guanidine groups is 1. The molecule has 6 nitrogen and oxygen atoms in total. The third-order valence-corrected chi connectivity index (χ3v) is 5.17. The van der Waals surface area contributed by atoms with Crippen LogP contribution in [0.25, 0.3) is 0 Å². The topological polar surface area (TPSA) is 66.0 Å². The Morgan fingerprint density at radius 2 is 1.89 bits per heavy atom. The molecule has 28 heavy (non-hydrogen) atoms. The summed E-state index contributed by atoms with van der Waals surface area (Å²) in [5.41, 5.74) is 1.44. The predicted octanol–water partition coefficient (Wildman–Crippen LogP) is 2.76. The lowest BCUT2D eigenvalue weighted by atomic mass is 9.82. The highest BCUT2D eigenvalue weighted by molar-refractivity contribution is 5.84. The molecule has 1 fully saturated rings. The molecule has 0 bridgehead atoms. The minimum absolute atomic E-state index is 0.00296. The monoisotopic (exact) mass is 388 g/mol. The molecule has 6 heteroatoms. The number of likely N-dealkylation sites (N-methyl/N-ethyl adjacent to an activating group) is 1. The summed E-state index contributed by atoms with van der Waals surface area (Å²) in [4.78, 5) is 18.0. The lowest BCUT2D eigenvalue weighted by Crippen LogP contribution is -2.45. The van der Waals surface area contributed by atoms with E-state index in [0.717, 1.165) is 45.0 Å². The van der Waals surface area contributed by atoms with Gasteiger partial charge in [0.25, 0.3) is 0 Å². The molecule has 156 valence electrons. The Morgan fingerprint density at radius 1 is 1.18 bits per heavy atom. The molecule has 2 N–H and O–H groups in total. The van der Waals surface area contributed by atoms with Crippen LogP contribution in [0.4, 0.5) is 0 Å². The van der Waals surface area contributed by atoms with E-state index in [-0.39, 0.29) is 12.5 Å². The van der Waals surface area contributed by atoms with Crippen LogP contribution in [0, 0.1) is 0 Å². The number of nitrogens with zero attached hydrogens (tertiary/aromatic N) is 2. The summed E-state index contributed by atoms with van der Waals surface area (Å²) in [6.07, 6.45) is 5.49. The van der Waals surface area contributed by atoms with E-state index in [1.165, 1.54) is 18.4 Å². The van der Waals surface area contributed by atoms with Gasteiger partial charge in [0.2, 0.25) is 5.91 Å². The summed E-state index contributed by atoms with van der Waals surface area (Å²) in [7, 11) is 3.51. The van der Waals surface area contributed by atoms with Crippen molar-refractivity contribution >= 4 is 11.9 Å². The number of carbonyl (C=O) groups is 1. The van der Waals surface area contributed by atoms with E-state index in [2.05, 4.69) is 46.0 Å². The molecule has 0 unspecified atom stereocenters. The van der Waals surface area contributed by atoms with E-state index in [1.54, 1.807) is 19.0 Å². The van der Waals surface area contributed by atoms with Crippen LogP contribution in [-0.2, 0) is 9.53 Å². The van der Waals surface area contributed by atoms with E-state index < -0.39 is 0 Å². The van der Waals surface area contributed by atoms with Gasteiger partial charge in [-0.1, -0.05) is 30.3 Å². The first kappa shape index (κ1) is 22.2. The summed E-state index contributed by atoms with van der Waals surface area (Å²) >= 11 is 0. The van der Waals surface area contributed by atoms with Crippen LogP contribution in [0.1, 0.15) is 50.5 Å². The Morgan fingerprint density at radius 3 is 2.54 bits per heavy atom. The molecule has 2 rings (SSSR count).